The van der Waals surface area contributed by atoms with Crippen LogP contribution in [0, 0.1) is 33.8 Å². The third kappa shape index (κ3) is 2.53. The first kappa shape index (κ1) is 17.2. The van der Waals surface area contributed by atoms with E-state index in [1.807, 2.05) is 26.0 Å². The lowest BCUT2D eigenvalue weighted by molar-refractivity contribution is -0.384. The zero-order valence-corrected chi connectivity index (χ0v) is 16.0. The lowest BCUT2D eigenvalue weighted by Gasteiger charge is -2.65. The SMILES string of the molecule is CC1(C)C(=O)N(C2C3CC4CC(C3)CC2C4)N1Cc1ccc([N+](=O)[O-])cc1. The average Bonchev–Trinajstić information content (AvgIpc) is 2.63. The summed E-state index contributed by atoms with van der Waals surface area (Å²) in [5.41, 5.74) is 0.613. The smallest absolute Gasteiger partial charge is 0.269 e. The minimum absolute atomic E-state index is 0.107. The standard InChI is InChI=1S/C21H27N3O3/c1-21(2)20(25)23(19-16-8-14-7-15(10-16)11-17(19)9-14)22(21)12-13-3-5-18(6-4-13)24(26)27/h3-6,14-17,19H,7-12H2,1-2H3. The van der Waals surface area contributed by atoms with Crippen LogP contribution in [0.5, 0.6) is 0 Å². The van der Waals surface area contributed by atoms with Gasteiger partial charge in [0.05, 0.1) is 11.0 Å². The number of carbonyl (C=O) groups excluding carboxylic acids is 1. The van der Waals surface area contributed by atoms with Crippen molar-refractivity contribution in [2.45, 2.75) is 64.1 Å². The summed E-state index contributed by atoms with van der Waals surface area (Å²) in [7, 11) is 0. The molecule has 1 aromatic rings. The first-order chi connectivity index (χ1) is 12.8. The van der Waals surface area contributed by atoms with Gasteiger partial charge in [0.25, 0.3) is 11.6 Å². The molecule has 144 valence electrons. The molecule has 0 aromatic heterocycles. The van der Waals surface area contributed by atoms with Gasteiger partial charge in [0.1, 0.15) is 5.54 Å². The monoisotopic (exact) mass is 369 g/mol. The van der Waals surface area contributed by atoms with Crippen molar-refractivity contribution in [1.82, 2.24) is 10.0 Å². The predicted molar refractivity (Wildman–Crippen MR) is 100 cm³/mol. The van der Waals surface area contributed by atoms with Crippen molar-refractivity contribution in [1.29, 1.82) is 0 Å². The van der Waals surface area contributed by atoms with Crippen LogP contribution in [-0.2, 0) is 11.3 Å². The largest absolute Gasteiger partial charge is 0.271 e. The predicted octanol–water partition coefficient (Wildman–Crippen LogP) is 3.76. The van der Waals surface area contributed by atoms with Crippen molar-refractivity contribution in [2.75, 3.05) is 0 Å². The molecule has 1 aromatic carbocycles. The van der Waals surface area contributed by atoms with Crippen LogP contribution in [0.1, 0.15) is 51.5 Å². The zero-order valence-electron chi connectivity index (χ0n) is 16.0. The second kappa shape index (κ2) is 5.77. The van der Waals surface area contributed by atoms with Gasteiger partial charge in [-0.3, -0.25) is 19.9 Å². The van der Waals surface area contributed by atoms with E-state index in [2.05, 4.69) is 10.0 Å². The van der Waals surface area contributed by atoms with E-state index in [1.165, 1.54) is 32.1 Å². The van der Waals surface area contributed by atoms with Gasteiger partial charge in [-0.25, -0.2) is 0 Å². The molecule has 0 radical (unpaired) electrons. The number of benzene rings is 1. The fraction of sp³-hybridized carbons (Fsp3) is 0.667. The van der Waals surface area contributed by atoms with Crippen LogP contribution in [0.3, 0.4) is 0 Å². The highest BCUT2D eigenvalue weighted by atomic mass is 16.6. The summed E-state index contributed by atoms with van der Waals surface area (Å²) in [6.45, 7) is 4.61. The van der Waals surface area contributed by atoms with E-state index in [-0.39, 0.29) is 16.5 Å². The Kier molecular flexibility index (Phi) is 3.67. The van der Waals surface area contributed by atoms with E-state index in [9.17, 15) is 14.9 Å². The molecule has 6 nitrogen and oxygen atoms in total. The Hall–Kier alpha value is -1.95. The Labute approximate surface area is 159 Å². The second-order valence-corrected chi connectivity index (χ2v) is 9.61. The fourth-order valence-electron chi connectivity index (χ4n) is 6.49. The summed E-state index contributed by atoms with van der Waals surface area (Å²) in [4.78, 5) is 23.6. The van der Waals surface area contributed by atoms with E-state index in [0.29, 0.717) is 24.4 Å². The number of nitro benzene ring substituents is 1. The highest BCUT2D eigenvalue weighted by molar-refractivity contribution is 5.90. The van der Waals surface area contributed by atoms with Crippen molar-refractivity contribution in [3.63, 3.8) is 0 Å². The molecule has 0 N–H and O–H groups in total. The van der Waals surface area contributed by atoms with Crippen molar-refractivity contribution >= 4 is 11.6 Å². The van der Waals surface area contributed by atoms with Gasteiger partial charge >= 0.3 is 0 Å². The molecule has 5 fully saturated rings. The van der Waals surface area contributed by atoms with Crippen LogP contribution in [-0.4, -0.2) is 32.4 Å². The molecule has 4 saturated carbocycles. The summed E-state index contributed by atoms with van der Waals surface area (Å²) in [5, 5.41) is 15.2. The summed E-state index contributed by atoms with van der Waals surface area (Å²) in [6.07, 6.45) is 6.55. The Morgan fingerprint density at radius 2 is 1.59 bits per heavy atom. The topological polar surface area (TPSA) is 66.7 Å². The molecule has 6 heteroatoms. The fourth-order valence-corrected chi connectivity index (χ4v) is 6.49. The van der Waals surface area contributed by atoms with E-state index in [0.717, 1.165) is 17.4 Å². The second-order valence-electron chi connectivity index (χ2n) is 9.61. The molecule has 4 aliphatic carbocycles. The minimum Gasteiger partial charge on any atom is -0.271 e. The molecule has 4 bridgehead atoms. The quantitative estimate of drug-likeness (QED) is 0.599. The van der Waals surface area contributed by atoms with E-state index in [1.54, 1.807) is 12.1 Å². The first-order valence-electron chi connectivity index (χ1n) is 10.2. The van der Waals surface area contributed by atoms with Crippen molar-refractivity contribution in [3.8, 4) is 0 Å². The molecule has 1 saturated heterocycles. The minimum atomic E-state index is -0.504. The number of non-ortho nitro benzene ring substituents is 1. The molecular weight excluding hydrogens is 342 g/mol. The Balaban J connectivity index is 1.39. The van der Waals surface area contributed by atoms with Crippen molar-refractivity contribution in [3.05, 3.63) is 39.9 Å². The maximum absolute atomic E-state index is 13.0. The maximum Gasteiger partial charge on any atom is 0.269 e. The highest BCUT2D eigenvalue weighted by Crippen LogP contribution is 2.57. The summed E-state index contributed by atoms with van der Waals surface area (Å²) >= 11 is 0. The van der Waals surface area contributed by atoms with Gasteiger partial charge in [0, 0.05) is 18.7 Å². The Morgan fingerprint density at radius 1 is 1.04 bits per heavy atom. The molecule has 1 aliphatic heterocycles. The van der Waals surface area contributed by atoms with Gasteiger partial charge in [-0.15, -0.1) is 0 Å². The number of hydrazine groups is 1. The molecule has 5 aliphatic rings. The van der Waals surface area contributed by atoms with E-state index < -0.39 is 5.54 Å². The Morgan fingerprint density at radius 3 is 2.11 bits per heavy atom. The third-order valence-corrected chi connectivity index (χ3v) is 7.58. The molecule has 1 heterocycles. The summed E-state index contributed by atoms with van der Waals surface area (Å²) < 4.78 is 0. The Bertz CT molecular complexity index is 760. The van der Waals surface area contributed by atoms with Crippen molar-refractivity contribution < 1.29 is 9.72 Å². The van der Waals surface area contributed by atoms with Gasteiger partial charge < -0.3 is 0 Å². The lowest BCUT2D eigenvalue weighted by atomic mass is 9.53. The van der Waals surface area contributed by atoms with Gasteiger partial charge in [0.2, 0.25) is 0 Å². The maximum atomic E-state index is 13.0. The molecule has 0 atom stereocenters. The number of nitrogens with zero attached hydrogens (tertiary/aromatic N) is 3. The third-order valence-electron chi connectivity index (χ3n) is 7.58. The number of nitro groups is 1. The van der Waals surface area contributed by atoms with Gasteiger partial charge in [-0.05, 0) is 75.2 Å². The number of amides is 1. The van der Waals surface area contributed by atoms with Crippen LogP contribution in [0.15, 0.2) is 24.3 Å². The van der Waals surface area contributed by atoms with Crippen LogP contribution in [0.25, 0.3) is 0 Å². The number of rotatable bonds is 4. The van der Waals surface area contributed by atoms with E-state index in [4.69, 9.17) is 0 Å². The number of carbonyl (C=O) groups is 1. The van der Waals surface area contributed by atoms with Crippen LogP contribution in [0.4, 0.5) is 5.69 Å². The molecular formula is C21H27N3O3. The zero-order chi connectivity index (χ0) is 18.9. The van der Waals surface area contributed by atoms with Gasteiger partial charge in [-0.1, -0.05) is 12.1 Å². The molecule has 6 rings (SSSR count). The number of hydrogen-bond acceptors (Lipinski definition) is 4. The average molecular weight is 369 g/mol. The summed E-state index contributed by atoms with van der Waals surface area (Å²) in [5.74, 6) is 3.32. The van der Waals surface area contributed by atoms with Gasteiger partial charge in [-0.2, -0.15) is 5.01 Å². The molecule has 1 amide bonds. The first-order valence-corrected chi connectivity index (χ1v) is 10.2. The van der Waals surface area contributed by atoms with E-state index >= 15 is 0 Å². The van der Waals surface area contributed by atoms with Crippen LogP contribution in [0.2, 0.25) is 0 Å². The van der Waals surface area contributed by atoms with Crippen LogP contribution >= 0.6 is 0 Å². The van der Waals surface area contributed by atoms with Crippen LogP contribution < -0.4 is 0 Å². The molecule has 0 unspecified atom stereocenters. The molecule has 27 heavy (non-hydrogen) atoms. The van der Waals surface area contributed by atoms with Gasteiger partial charge in [0.15, 0.2) is 0 Å². The lowest BCUT2D eigenvalue weighted by Crippen LogP contribution is -2.79. The summed E-state index contributed by atoms with van der Waals surface area (Å²) in [6, 6.07) is 7.09. The highest BCUT2D eigenvalue weighted by Gasteiger charge is 2.60. The molecule has 0 spiro atoms. The number of hydrogen-bond donors (Lipinski definition) is 0. The normalized spacial score (nSPS) is 36.7. The van der Waals surface area contributed by atoms with Crippen molar-refractivity contribution in [2.24, 2.45) is 23.7 Å².